The van der Waals surface area contributed by atoms with Crippen LogP contribution in [-0.4, -0.2) is 52.0 Å². The molecule has 25 heavy (non-hydrogen) atoms. The molecule has 0 aliphatic carbocycles. The Hall–Kier alpha value is -0.930. The van der Waals surface area contributed by atoms with E-state index >= 15 is 0 Å². The van der Waals surface area contributed by atoms with Gasteiger partial charge in [0.25, 0.3) is 0 Å². The van der Waals surface area contributed by atoms with Gasteiger partial charge >= 0.3 is 0 Å². The second-order valence-corrected chi connectivity index (χ2v) is 5.84. The molecule has 0 amide bonds. The van der Waals surface area contributed by atoms with Gasteiger partial charge in [0.15, 0.2) is 5.96 Å². The maximum atomic E-state index is 12.9. The van der Waals surface area contributed by atoms with Crippen molar-refractivity contribution in [2.75, 3.05) is 40.0 Å². The van der Waals surface area contributed by atoms with Gasteiger partial charge in [-0.05, 0) is 43.4 Å². The second kappa shape index (κ2) is 13.3. The summed E-state index contributed by atoms with van der Waals surface area (Å²) in [6.07, 6.45) is 4.12. The van der Waals surface area contributed by atoms with Crippen LogP contribution in [0.25, 0.3) is 0 Å². The summed E-state index contributed by atoms with van der Waals surface area (Å²) in [6, 6.07) is 6.59. The van der Waals surface area contributed by atoms with Gasteiger partial charge < -0.3 is 20.1 Å². The van der Waals surface area contributed by atoms with Crippen LogP contribution in [0.1, 0.15) is 24.8 Å². The Morgan fingerprint density at radius 3 is 2.56 bits per heavy atom. The number of hydrogen-bond donors (Lipinski definition) is 2. The number of halogens is 2. The zero-order chi connectivity index (χ0) is 17.0. The molecule has 1 aromatic carbocycles. The summed E-state index contributed by atoms with van der Waals surface area (Å²) in [7, 11) is 1.76. The van der Waals surface area contributed by atoms with E-state index in [1.165, 1.54) is 12.1 Å². The van der Waals surface area contributed by atoms with Crippen molar-refractivity contribution in [1.82, 2.24) is 10.6 Å². The van der Waals surface area contributed by atoms with Gasteiger partial charge in [0, 0.05) is 40.0 Å². The summed E-state index contributed by atoms with van der Waals surface area (Å²) in [4.78, 5) is 4.20. The molecular weight excluding hydrogens is 436 g/mol. The molecule has 1 aliphatic rings. The monoisotopic (exact) mass is 465 g/mol. The lowest BCUT2D eigenvalue weighted by Crippen LogP contribution is -2.39. The van der Waals surface area contributed by atoms with E-state index in [1.54, 1.807) is 19.2 Å². The molecule has 1 saturated heterocycles. The van der Waals surface area contributed by atoms with E-state index in [0.717, 1.165) is 70.1 Å². The predicted molar refractivity (Wildman–Crippen MR) is 109 cm³/mol. The molecule has 1 aromatic rings. The van der Waals surface area contributed by atoms with E-state index in [-0.39, 0.29) is 29.8 Å². The molecule has 5 nitrogen and oxygen atoms in total. The molecule has 1 aliphatic heterocycles. The quantitative estimate of drug-likeness (QED) is 0.269. The zero-order valence-electron chi connectivity index (χ0n) is 14.8. The highest BCUT2D eigenvalue weighted by molar-refractivity contribution is 14.0. The Labute approximate surface area is 166 Å². The van der Waals surface area contributed by atoms with Gasteiger partial charge in [-0.25, -0.2) is 4.39 Å². The third-order valence-electron chi connectivity index (χ3n) is 3.98. The molecule has 0 bridgehead atoms. The molecule has 0 saturated carbocycles. The largest absolute Gasteiger partial charge is 0.381 e. The average Bonchev–Trinajstić information content (AvgIpc) is 2.62. The van der Waals surface area contributed by atoms with Crippen LogP contribution in [-0.2, 0) is 15.9 Å². The Bertz CT molecular complexity index is 494. The molecule has 7 heteroatoms. The summed E-state index contributed by atoms with van der Waals surface area (Å²) in [6.45, 7) is 3.95. The van der Waals surface area contributed by atoms with Crippen LogP contribution in [0, 0.1) is 5.82 Å². The van der Waals surface area contributed by atoms with Gasteiger partial charge in [0.1, 0.15) is 5.82 Å². The van der Waals surface area contributed by atoms with Crippen LogP contribution in [0.2, 0.25) is 0 Å². The van der Waals surface area contributed by atoms with E-state index in [1.807, 2.05) is 0 Å². The molecule has 1 heterocycles. The van der Waals surface area contributed by atoms with Gasteiger partial charge in [-0.1, -0.05) is 12.1 Å². The van der Waals surface area contributed by atoms with Crippen LogP contribution in [0.4, 0.5) is 4.39 Å². The molecule has 0 aromatic heterocycles. The lowest BCUT2D eigenvalue weighted by Gasteiger charge is -2.22. The first-order chi connectivity index (χ1) is 11.8. The third-order valence-corrected chi connectivity index (χ3v) is 3.98. The summed E-state index contributed by atoms with van der Waals surface area (Å²) in [5, 5.41) is 6.54. The summed E-state index contributed by atoms with van der Waals surface area (Å²) < 4.78 is 24.0. The van der Waals surface area contributed by atoms with Gasteiger partial charge in [-0.2, -0.15) is 0 Å². The fourth-order valence-electron chi connectivity index (χ4n) is 2.57. The Morgan fingerprint density at radius 1 is 1.20 bits per heavy atom. The van der Waals surface area contributed by atoms with Crippen LogP contribution in [0.15, 0.2) is 29.3 Å². The average molecular weight is 465 g/mol. The zero-order valence-corrected chi connectivity index (χ0v) is 17.1. The van der Waals surface area contributed by atoms with Crippen LogP contribution in [0.5, 0.6) is 0 Å². The van der Waals surface area contributed by atoms with E-state index in [4.69, 9.17) is 9.47 Å². The normalized spacial score (nSPS) is 15.5. The third kappa shape index (κ3) is 9.37. The highest BCUT2D eigenvalue weighted by Gasteiger charge is 2.13. The fraction of sp³-hybridized carbons (Fsp3) is 0.611. The Balaban J connectivity index is 0.00000312. The standard InChI is InChI=1S/C18H28FN3O2.HI/c1-20-18(22-11-7-15-3-5-16(19)6-4-15)21-10-2-12-24-17-8-13-23-14-9-17;/h3-6,17H,2,7-14H2,1H3,(H2,20,21,22);1H. The van der Waals surface area contributed by atoms with Crippen molar-refractivity contribution in [3.8, 4) is 0 Å². The van der Waals surface area contributed by atoms with Crippen LogP contribution < -0.4 is 10.6 Å². The maximum Gasteiger partial charge on any atom is 0.190 e. The molecule has 0 atom stereocenters. The second-order valence-electron chi connectivity index (χ2n) is 5.84. The minimum atomic E-state index is -0.202. The van der Waals surface area contributed by atoms with Crippen molar-refractivity contribution in [2.45, 2.75) is 31.8 Å². The maximum absolute atomic E-state index is 12.9. The molecule has 142 valence electrons. The highest BCUT2D eigenvalue weighted by atomic mass is 127. The molecule has 0 spiro atoms. The number of aliphatic imine (C=N–C) groups is 1. The topological polar surface area (TPSA) is 54.9 Å². The summed E-state index contributed by atoms with van der Waals surface area (Å²) >= 11 is 0. The van der Waals surface area contributed by atoms with Crippen LogP contribution >= 0.6 is 24.0 Å². The lowest BCUT2D eigenvalue weighted by atomic mass is 10.1. The number of nitrogens with zero attached hydrogens (tertiary/aromatic N) is 1. The van der Waals surface area contributed by atoms with Gasteiger partial charge in [-0.15, -0.1) is 24.0 Å². The van der Waals surface area contributed by atoms with E-state index in [0.29, 0.717) is 6.10 Å². The Morgan fingerprint density at radius 2 is 1.88 bits per heavy atom. The lowest BCUT2D eigenvalue weighted by molar-refractivity contribution is -0.0320. The minimum Gasteiger partial charge on any atom is -0.381 e. The Kier molecular flexibility index (Phi) is 11.8. The summed E-state index contributed by atoms with van der Waals surface area (Å²) in [5.74, 6) is 0.579. The number of hydrogen-bond acceptors (Lipinski definition) is 3. The number of benzene rings is 1. The van der Waals surface area contributed by atoms with E-state index in [2.05, 4.69) is 15.6 Å². The van der Waals surface area contributed by atoms with Crippen molar-refractivity contribution >= 4 is 29.9 Å². The molecular formula is C18H29FIN3O2. The van der Waals surface area contributed by atoms with Crippen molar-refractivity contribution in [2.24, 2.45) is 4.99 Å². The first-order valence-electron chi connectivity index (χ1n) is 8.66. The molecule has 0 unspecified atom stereocenters. The van der Waals surface area contributed by atoms with Crippen molar-refractivity contribution in [3.63, 3.8) is 0 Å². The smallest absolute Gasteiger partial charge is 0.190 e. The number of rotatable bonds is 8. The molecule has 2 N–H and O–H groups in total. The van der Waals surface area contributed by atoms with Gasteiger partial charge in [0.05, 0.1) is 6.10 Å². The molecule has 0 radical (unpaired) electrons. The predicted octanol–water partition coefficient (Wildman–Crippen LogP) is 2.74. The van der Waals surface area contributed by atoms with E-state index < -0.39 is 0 Å². The molecule has 1 fully saturated rings. The number of guanidine groups is 1. The highest BCUT2D eigenvalue weighted by Crippen LogP contribution is 2.10. The van der Waals surface area contributed by atoms with Crippen molar-refractivity contribution in [3.05, 3.63) is 35.6 Å². The summed E-state index contributed by atoms with van der Waals surface area (Å²) in [5.41, 5.74) is 1.10. The van der Waals surface area contributed by atoms with Crippen molar-refractivity contribution in [1.29, 1.82) is 0 Å². The van der Waals surface area contributed by atoms with Gasteiger partial charge in [-0.3, -0.25) is 4.99 Å². The van der Waals surface area contributed by atoms with E-state index in [9.17, 15) is 4.39 Å². The first kappa shape index (κ1) is 22.1. The van der Waals surface area contributed by atoms with Crippen molar-refractivity contribution < 1.29 is 13.9 Å². The number of nitrogens with one attached hydrogen (secondary N) is 2. The fourth-order valence-corrected chi connectivity index (χ4v) is 2.57. The SMILES string of the molecule is CN=C(NCCCOC1CCOCC1)NCCc1ccc(F)cc1.I. The number of ether oxygens (including phenoxy) is 2. The van der Waals surface area contributed by atoms with Gasteiger partial charge in [0.2, 0.25) is 0 Å². The van der Waals surface area contributed by atoms with Crippen LogP contribution in [0.3, 0.4) is 0 Å². The molecule has 2 rings (SSSR count). The first-order valence-corrected chi connectivity index (χ1v) is 8.66. The minimum absolute atomic E-state index is 0.